The van der Waals surface area contributed by atoms with Crippen molar-refractivity contribution in [1.29, 1.82) is 0 Å². The Hall–Kier alpha value is -4.19. The molecule has 6 nitrogen and oxygen atoms in total. The molecule has 0 aliphatic rings. The molecule has 0 amide bonds. The summed E-state index contributed by atoms with van der Waals surface area (Å²) in [5.41, 5.74) is 5.07. The van der Waals surface area contributed by atoms with Gasteiger partial charge in [0.15, 0.2) is 5.82 Å². The molecule has 0 atom stereocenters. The lowest BCUT2D eigenvalue weighted by Gasteiger charge is -2.10. The third-order valence-corrected chi connectivity index (χ3v) is 4.95. The Morgan fingerprint density at radius 3 is 2.65 bits per heavy atom. The average molecular weight is 407 g/mol. The molecule has 2 N–H and O–H groups in total. The predicted molar refractivity (Wildman–Crippen MR) is 123 cm³/mol. The van der Waals surface area contributed by atoms with Gasteiger partial charge in [-0.3, -0.25) is 10.1 Å². The topological polar surface area (TPSA) is 75.7 Å². The number of hydrogen-bond acceptors (Lipinski definition) is 5. The second-order valence-corrected chi connectivity index (χ2v) is 7.46. The molecule has 3 aromatic carbocycles. The zero-order valence-electron chi connectivity index (χ0n) is 17.3. The van der Waals surface area contributed by atoms with Crippen molar-refractivity contribution in [3.8, 4) is 22.9 Å². The molecule has 31 heavy (non-hydrogen) atoms. The van der Waals surface area contributed by atoms with Gasteiger partial charge >= 0.3 is 0 Å². The SMILES string of the molecule is Cc1cccc(Nc2n[nH]c(-c3cccc(Oc4ccnc5ccc(C)cc45)c3)n2)c1. The first kappa shape index (κ1) is 18.8. The number of rotatable bonds is 5. The first-order valence-corrected chi connectivity index (χ1v) is 10.0. The molecule has 0 fully saturated rings. The summed E-state index contributed by atoms with van der Waals surface area (Å²) in [6.45, 7) is 4.11. The lowest BCUT2D eigenvalue weighted by Crippen LogP contribution is -1.92. The zero-order valence-corrected chi connectivity index (χ0v) is 17.3. The van der Waals surface area contributed by atoms with E-state index in [4.69, 9.17) is 4.74 Å². The molecule has 5 rings (SSSR count). The number of fused-ring (bicyclic) bond motifs is 1. The molecule has 0 bridgehead atoms. The van der Waals surface area contributed by atoms with Crippen molar-refractivity contribution in [1.82, 2.24) is 20.2 Å². The Labute approximate surface area is 180 Å². The number of anilines is 2. The summed E-state index contributed by atoms with van der Waals surface area (Å²) in [6.07, 6.45) is 1.76. The Balaban J connectivity index is 1.40. The van der Waals surface area contributed by atoms with E-state index >= 15 is 0 Å². The summed E-state index contributed by atoms with van der Waals surface area (Å²) < 4.78 is 6.21. The molecule has 0 saturated heterocycles. The van der Waals surface area contributed by atoms with Gasteiger partial charge in [0.05, 0.1) is 5.52 Å². The third kappa shape index (κ3) is 4.09. The smallest absolute Gasteiger partial charge is 0.246 e. The van der Waals surface area contributed by atoms with Crippen molar-refractivity contribution in [2.75, 3.05) is 5.32 Å². The molecular formula is C25H21N5O. The molecule has 0 saturated carbocycles. The van der Waals surface area contributed by atoms with Crippen LogP contribution in [0.2, 0.25) is 0 Å². The van der Waals surface area contributed by atoms with Gasteiger partial charge in [-0.25, -0.2) is 0 Å². The molecular weight excluding hydrogens is 386 g/mol. The number of pyridine rings is 1. The molecule has 0 unspecified atom stereocenters. The lowest BCUT2D eigenvalue weighted by atomic mass is 10.1. The highest BCUT2D eigenvalue weighted by molar-refractivity contribution is 5.85. The van der Waals surface area contributed by atoms with Crippen molar-refractivity contribution in [2.24, 2.45) is 0 Å². The summed E-state index contributed by atoms with van der Waals surface area (Å²) in [6, 6.07) is 23.9. The highest BCUT2D eigenvalue weighted by Crippen LogP contribution is 2.31. The lowest BCUT2D eigenvalue weighted by molar-refractivity contribution is 0.488. The maximum absolute atomic E-state index is 6.21. The van der Waals surface area contributed by atoms with E-state index in [1.165, 1.54) is 5.56 Å². The predicted octanol–water partition coefficient (Wildman–Crippen LogP) is 6.17. The Bertz CT molecular complexity index is 1380. The fourth-order valence-electron chi connectivity index (χ4n) is 3.46. The highest BCUT2D eigenvalue weighted by atomic mass is 16.5. The maximum atomic E-state index is 6.21. The van der Waals surface area contributed by atoms with Gasteiger partial charge in [0.2, 0.25) is 5.95 Å². The minimum atomic E-state index is 0.516. The number of ether oxygens (including phenoxy) is 1. The number of H-pyrrole nitrogens is 1. The van der Waals surface area contributed by atoms with Gasteiger partial charge in [0.25, 0.3) is 0 Å². The highest BCUT2D eigenvalue weighted by Gasteiger charge is 2.09. The number of hydrogen-bond donors (Lipinski definition) is 2. The summed E-state index contributed by atoms with van der Waals surface area (Å²) >= 11 is 0. The molecule has 0 aliphatic heterocycles. The number of nitrogens with zero attached hydrogens (tertiary/aromatic N) is 3. The van der Waals surface area contributed by atoms with E-state index in [0.717, 1.165) is 39.2 Å². The molecule has 2 heterocycles. The van der Waals surface area contributed by atoms with Gasteiger partial charge < -0.3 is 10.1 Å². The van der Waals surface area contributed by atoms with Gasteiger partial charge in [-0.15, -0.1) is 5.10 Å². The van der Waals surface area contributed by atoms with Crippen molar-refractivity contribution < 1.29 is 4.74 Å². The number of benzene rings is 3. The molecule has 0 aliphatic carbocycles. The Morgan fingerprint density at radius 2 is 1.74 bits per heavy atom. The van der Waals surface area contributed by atoms with Gasteiger partial charge in [-0.1, -0.05) is 35.9 Å². The van der Waals surface area contributed by atoms with E-state index < -0.39 is 0 Å². The molecule has 6 heteroatoms. The van der Waals surface area contributed by atoms with Crippen LogP contribution in [-0.4, -0.2) is 20.2 Å². The van der Waals surface area contributed by atoms with Crippen LogP contribution in [0.4, 0.5) is 11.6 Å². The molecule has 0 radical (unpaired) electrons. The van der Waals surface area contributed by atoms with Gasteiger partial charge in [0.1, 0.15) is 11.5 Å². The Kier molecular flexibility index (Phi) is 4.80. The van der Waals surface area contributed by atoms with E-state index in [9.17, 15) is 0 Å². The average Bonchev–Trinajstić information content (AvgIpc) is 3.23. The maximum Gasteiger partial charge on any atom is 0.246 e. The number of aryl methyl sites for hydroxylation is 2. The van der Waals surface area contributed by atoms with Crippen molar-refractivity contribution >= 4 is 22.5 Å². The van der Waals surface area contributed by atoms with Crippen LogP contribution in [-0.2, 0) is 0 Å². The summed E-state index contributed by atoms with van der Waals surface area (Å²) in [7, 11) is 0. The van der Waals surface area contributed by atoms with E-state index in [1.54, 1.807) is 6.20 Å². The summed E-state index contributed by atoms with van der Waals surface area (Å²) in [5, 5.41) is 11.5. The van der Waals surface area contributed by atoms with E-state index in [2.05, 4.69) is 38.5 Å². The van der Waals surface area contributed by atoms with Gasteiger partial charge in [-0.2, -0.15) is 4.98 Å². The van der Waals surface area contributed by atoms with Gasteiger partial charge in [-0.05, 0) is 61.9 Å². The van der Waals surface area contributed by atoms with Crippen LogP contribution in [0.1, 0.15) is 11.1 Å². The summed E-state index contributed by atoms with van der Waals surface area (Å²) in [5.74, 6) is 2.67. The van der Waals surface area contributed by atoms with Crippen molar-refractivity contribution in [3.05, 3.63) is 90.1 Å². The summed E-state index contributed by atoms with van der Waals surface area (Å²) in [4.78, 5) is 8.99. The first-order valence-electron chi connectivity index (χ1n) is 10.0. The molecule has 152 valence electrons. The quantitative estimate of drug-likeness (QED) is 0.364. The molecule has 5 aromatic rings. The van der Waals surface area contributed by atoms with Crippen LogP contribution >= 0.6 is 0 Å². The van der Waals surface area contributed by atoms with Crippen LogP contribution < -0.4 is 10.1 Å². The second kappa shape index (κ2) is 7.91. The number of nitrogens with one attached hydrogen (secondary N) is 2. The van der Waals surface area contributed by atoms with Crippen LogP contribution in [0.25, 0.3) is 22.3 Å². The minimum Gasteiger partial charge on any atom is -0.457 e. The third-order valence-electron chi connectivity index (χ3n) is 4.95. The van der Waals surface area contributed by atoms with Gasteiger partial charge in [0, 0.05) is 22.8 Å². The second-order valence-electron chi connectivity index (χ2n) is 7.46. The normalized spacial score (nSPS) is 10.9. The zero-order chi connectivity index (χ0) is 21.2. The van der Waals surface area contributed by atoms with Crippen LogP contribution in [0.3, 0.4) is 0 Å². The van der Waals surface area contributed by atoms with Crippen LogP contribution in [0.5, 0.6) is 11.5 Å². The number of aromatic amines is 1. The van der Waals surface area contributed by atoms with E-state index in [-0.39, 0.29) is 0 Å². The Morgan fingerprint density at radius 1 is 0.871 bits per heavy atom. The van der Waals surface area contributed by atoms with E-state index in [1.807, 2.05) is 73.7 Å². The van der Waals surface area contributed by atoms with E-state index in [0.29, 0.717) is 11.8 Å². The minimum absolute atomic E-state index is 0.516. The standard InChI is InChI=1S/C25H21N5O/c1-16-5-3-7-19(13-16)27-25-28-24(29-30-25)18-6-4-8-20(15-18)31-23-11-12-26-22-10-9-17(2)14-21(22)23/h3-15H,1-2H3,(H2,27,28,29,30). The number of aromatic nitrogens is 4. The van der Waals surface area contributed by atoms with Crippen molar-refractivity contribution in [3.63, 3.8) is 0 Å². The fraction of sp³-hybridized carbons (Fsp3) is 0.0800. The molecule has 0 spiro atoms. The molecule has 2 aromatic heterocycles. The monoisotopic (exact) mass is 407 g/mol. The van der Waals surface area contributed by atoms with Crippen LogP contribution in [0.15, 0.2) is 79.0 Å². The van der Waals surface area contributed by atoms with Crippen LogP contribution in [0, 0.1) is 13.8 Å². The largest absolute Gasteiger partial charge is 0.457 e. The fourth-order valence-corrected chi connectivity index (χ4v) is 3.46. The van der Waals surface area contributed by atoms with Crippen molar-refractivity contribution in [2.45, 2.75) is 13.8 Å². The first-order chi connectivity index (χ1) is 15.1.